The molecule has 200 valence electrons. The molecule has 0 spiro atoms. The molecule has 4 aromatic rings. The molecule has 1 aliphatic rings. The Labute approximate surface area is 224 Å². The van der Waals surface area contributed by atoms with Crippen LogP contribution in [-0.4, -0.2) is 41.6 Å². The monoisotopic (exact) mass is 533 g/mol. The van der Waals surface area contributed by atoms with Gasteiger partial charge in [-0.2, -0.15) is 0 Å². The maximum Gasteiger partial charge on any atom is 0.192 e. The summed E-state index contributed by atoms with van der Waals surface area (Å²) in [5.41, 5.74) is 4.27. The molecule has 7 nitrogen and oxygen atoms in total. The third-order valence-corrected chi connectivity index (χ3v) is 12.4. The van der Waals surface area contributed by atoms with Gasteiger partial charge in [-0.15, -0.1) is 5.10 Å². The number of fused-ring (bicyclic) bond motifs is 1. The number of aromatic nitrogens is 4. The Bertz CT molecular complexity index is 1450. The van der Waals surface area contributed by atoms with Gasteiger partial charge in [0.2, 0.25) is 0 Å². The van der Waals surface area contributed by atoms with E-state index in [1.54, 1.807) is 19.2 Å². The van der Waals surface area contributed by atoms with Gasteiger partial charge in [0, 0.05) is 18.3 Å². The minimum absolute atomic E-state index is 0.0217. The lowest BCUT2D eigenvalue weighted by molar-refractivity contribution is 0.276. The normalized spacial score (nSPS) is 16.4. The summed E-state index contributed by atoms with van der Waals surface area (Å²) in [5, 5.41) is 5.12. The highest BCUT2D eigenvalue weighted by molar-refractivity contribution is 6.74. The smallest absolute Gasteiger partial charge is 0.192 e. The molecule has 9 heteroatoms. The summed E-state index contributed by atoms with van der Waals surface area (Å²) in [5.74, 6) is 1.23. The number of methoxy groups -OCH3 is 1. The highest BCUT2D eigenvalue weighted by Gasteiger charge is 2.37. The number of ether oxygens (including phenoxy) is 1. The van der Waals surface area contributed by atoms with Crippen molar-refractivity contribution in [2.75, 3.05) is 18.6 Å². The van der Waals surface area contributed by atoms with Crippen LogP contribution in [0.3, 0.4) is 0 Å². The summed E-state index contributed by atoms with van der Waals surface area (Å²) in [6.45, 7) is 12.6. The van der Waals surface area contributed by atoms with Crippen LogP contribution in [0.2, 0.25) is 18.1 Å². The van der Waals surface area contributed by atoms with Crippen LogP contribution in [0.5, 0.6) is 5.75 Å². The van der Waals surface area contributed by atoms with E-state index >= 15 is 0 Å². The van der Waals surface area contributed by atoms with Gasteiger partial charge >= 0.3 is 0 Å². The van der Waals surface area contributed by atoms with Crippen molar-refractivity contribution < 1.29 is 13.6 Å². The van der Waals surface area contributed by atoms with Crippen LogP contribution < -0.4 is 9.64 Å². The fourth-order valence-electron chi connectivity index (χ4n) is 4.71. The second kappa shape index (κ2) is 10.1. The number of nitrogens with zero attached hydrogens (tertiary/aromatic N) is 5. The molecule has 5 rings (SSSR count). The predicted octanol–water partition coefficient (Wildman–Crippen LogP) is 6.80. The summed E-state index contributed by atoms with van der Waals surface area (Å²) in [7, 11) is -0.249. The number of rotatable bonds is 7. The predicted molar refractivity (Wildman–Crippen MR) is 150 cm³/mol. The van der Waals surface area contributed by atoms with E-state index in [1.807, 2.05) is 35.1 Å². The molecule has 1 aliphatic heterocycles. The molecule has 1 aromatic carbocycles. The van der Waals surface area contributed by atoms with E-state index < -0.39 is 8.32 Å². The van der Waals surface area contributed by atoms with Crippen molar-refractivity contribution >= 4 is 19.8 Å². The minimum Gasteiger partial charge on any atom is -0.496 e. The number of imidazole rings is 1. The number of hydrogen-bond donors (Lipinski definition) is 0. The Morgan fingerprint density at radius 2 is 1.89 bits per heavy atom. The van der Waals surface area contributed by atoms with E-state index in [2.05, 4.69) is 54.8 Å². The Hall–Kier alpha value is -3.30. The highest BCUT2D eigenvalue weighted by atomic mass is 28.4. The lowest BCUT2D eigenvalue weighted by atomic mass is 10.0. The maximum atomic E-state index is 14.2. The van der Waals surface area contributed by atoms with Gasteiger partial charge in [-0.3, -0.25) is 4.98 Å². The number of anilines is 1. The third kappa shape index (κ3) is 5.04. The van der Waals surface area contributed by atoms with E-state index in [9.17, 15) is 4.39 Å². The van der Waals surface area contributed by atoms with Crippen LogP contribution in [0.4, 0.5) is 10.2 Å². The van der Waals surface area contributed by atoms with Crippen LogP contribution in [0, 0.1) is 5.82 Å². The zero-order chi connectivity index (χ0) is 27.1. The summed E-state index contributed by atoms with van der Waals surface area (Å²) in [6.07, 6.45) is 5.51. The quantitative estimate of drug-likeness (QED) is 0.243. The first kappa shape index (κ1) is 26.3. The molecule has 0 saturated carbocycles. The maximum absolute atomic E-state index is 14.2. The van der Waals surface area contributed by atoms with Crippen LogP contribution >= 0.6 is 0 Å². The van der Waals surface area contributed by atoms with E-state index in [0.29, 0.717) is 12.4 Å². The van der Waals surface area contributed by atoms with Gasteiger partial charge < -0.3 is 14.1 Å². The largest absolute Gasteiger partial charge is 0.496 e. The van der Waals surface area contributed by atoms with Gasteiger partial charge in [0.05, 0.1) is 31.6 Å². The van der Waals surface area contributed by atoms with Gasteiger partial charge in [-0.1, -0.05) is 20.8 Å². The van der Waals surface area contributed by atoms with Crippen LogP contribution in [0.1, 0.15) is 50.8 Å². The van der Waals surface area contributed by atoms with Crippen molar-refractivity contribution in [3.05, 3.63) is 71.8 Å². The van der Waals surface area contributed by atoms with E-state index in [0.717, 1.165) is 53.4 Å². The van der Waals surface area contributed by atoms with Gasteiger partial charge in [0.25, 0.3) is 0 Å². The first-order chi connectivity index (χ1) is 18.1. The first-order valence-electron chi connectivity index (χ1n) is 13.1. The number of halogens is 1. The Kier molecular flexibility index (Phi) is 7.00. The average molecular weight is 534 g/mol. The summed E-state index contributed by atoms with van der Waals surface area (Å²) >= 11 is 0. The molecule has 1 saturated heterocycles. The lowest BCUT2D eigenvalue weighted by Gasteiger charge is -2.36. The molecule has 38 heavy (non-hydrogen) atoms. The fraction of sp³-hybridized carbons (Fsp3) is 0.414. The molecule has 0 aliphatic carbocycles. The highest BCUT2D eigenvalue weighted by Crippen LogP contribution is 2.40. The second-order valence-electron chi connectivity index (χ2n) is 11.4. The van der Waals surface area contributed by atoms with E-state index in [-0.39, 0.29) is 16.9 Å². The minimum atomic E-state index is -1.87. The summed E-state index contributed by atoms with van der Waals surface area (Å²) < 4.78 is 28.0. The number of pyridine rings is 1. The molecule has 0 radical (unpaired) electrons. The van der Waals surface area contributed by atoms with Crippen molar-refractivity contribution in [2.24, 2.45) is 0 Å². The van der Waals surface area contributed by atoms with Crippen molar-refractivity contribution in [1.82, 2.24) is 19.6 Å². The molecule has 3 aromatic heterocycles. The van der Waals surface area contributed by atoms with Crippen molar-refractivity contribution in [3.63, 3.8) is 0 Å². The third-order valence-electron chi connectivity index (χ3n) is 7.94. The number of benzene rings is 1. The van der Waals surface area contributed by atoms with Gasteiger partial charge in [0.15, 0.2) is 14.0 Å². The Balaban J connectivity index is 1.45. The van der Waals surface area contributed by atoms with Gasteiger partial charge in [-0.25, -0.2) is 13.9 Å². The molecule has 0 unspecified atom stereocenters. The topological polar surface area (TPSA) is 64.8 Å². The van der Waals surface area contributed by atoms with Gasteiger partial charge in [0.1, 0.15) is 23.1 Å². The molecule has 0 amide bonds. The van der Waals surface area contributed by atoms with Crippen molar-refractivity contribution in [2.45, 2.75) is 64.4 Å². The second-order valence-corrected chi connectivity index (χ2v) is 16.3. The van der Waals surface area contributed by atoms with E-state index in [4.69, 9.17) is 14.3 Å². The van der Waals surface area contributed by atoms with Crippen molar-refractivity contribution in [3.8, 4) is 17.1 Å². The standard InChI is InChI=1S/C29H36FN5O2Si/c1-29(2,3)38(5,6)37-19-20-13-14-31-23(16-20)25-18-32-27-11-12-28(33-35(25)27)34-15-7-8-24(34)22-17-21(30)9-10-26(22)36-4/h9-14,16-18,24H,7-8,15,19H2,1-6H3/t24-/m1/s1. The first-order valence-corrected chi connectivity index (χ1v) is 16.0. The Morgan fingerprint density at radius 3 is 2.66 bits per heavy atom. The van der Waals surface area contributed by atoms with E-state index in [1.165, 1.54) is 6.07 Å². The van der Waals surface area contributed by atoms with Crippen LogP contribution in [0.25, 0.3) is 17.0 Å². The van der Waals surface area contributed by atoms with Crippen LogP contribution in [0.15, 0.2) is 54.9 Å². The molecule has 0 bridgehead atoms. The SMILES string of the molecule is COc1ccc(F)cc1[C@H]1CCCN1c1ccc2ncc(-c3cc(CO[Si](C)(C)C(C)(C)C)ccn3)n2n1. The average Bonchev–Trinajstić information content (AvgIpc) is 3.54. The molecule has 4 heterocycles. The number of hydrogen-bond acceptors (Lipinski definition) is 6. The fourth-order valence-corrected chi connectivity index (χ4v) is 5.67. The summed E-state index contributed by atoms with van der Waals surface area (Å²) in [4.78, 5) is 11.4. The van der Waals surface area contributed by atoms with Crippen molar-refractivity contribution in [1.29, 1.82) is 0 Å². The summed E-state index contributed by atoms with van der Waals surface area (Å²) in [6, 6.07) is 12.7. The molecular formula is C29H36FN5O2Si. The molecule has 0 N–H and O–H groups in total. The zero-order valence-electron chi connectivity index (χ0n) is 23.0. The molecular weight excluding hydrogens is 497 g/mol. The van der Waals surface area contributed by atoms with Crippen LogP contribution in [-0.2, 0) is 11.0 Å². The zero-order valence-corrected chi connectivity index (χ0v) is 24.0. The van der Waals surface area contributed by atoms with Gasteiger partial charge in [-0.05, 0) is 79.0 Å². The molecule has 1 fully saturated rings. The lowest BCUT2D eigenvalue weighted by Crippen LogP contribution is -2.40. The Morgan fingerprint density at radius 1 is 1.08 bits per heavy atom. The molecule has 1 atom stereocenters.